The number of halogens is 1. The first-order valence-corrected chi connectivity index (χ1v) is 7.95. The maximum atomic E-state index is 6.11. The Labute approximate surface area is 148 Å². The van der Waals surface area contributed by atoms with Gasteiger partial charge in [0, 0.05) is 22.3 Å². The number of nitrogens with one attached hydrogen (secondary N) is 2. The zero-order valence-electron chi connectivity index (χ0n) is 13.3. The number of fused-ring (bicyclic) bond motifs is 1. The van der Waals surface area contributed by atoms with Crippen molar-refractivity contribution in [3.63, 3.8) is 0 Å². The van der Waals surface area contributed by atoms with Gasteiger partial charge in [0.1, 0.15) is 11.3 Å². The summed E-state index contributed by atoms with van der Waals surface area (Å²) < 4.78 is 0. The SMILES string of the molecule is Cc1ccc(Cl)cc1-c1cc(Nc2ccc3[nH]nnc3c2)nc(N)n1. The number of hydrogen-bond donors (Lipinski definition) is 3. The topological polar surface area (TPSA) is 105 Å². The third-order valence-electron chi connectivity index (χ3n) is 3.82. The fourth-order valence-electron chi connectivity index (χ4n) is 2.61. The number of anilines is 3. The molecule has 25 heavy (non-hydrogen) atoms. The van der Waals surface area contributed by atoms with E-state index in [1.807, 2.05) is 49.4 Å². The summed E-state index contributed by atoms with van der Waals surface area (Å²) in [6, 6.07) is 13.2. The Bertz CT molecular complexity index is 1070. The Kier molecular flexibility index (Phi) is 3.70. The molecule has 4 N–H and O–H groups in total. The van der Waals surface area contributed by atoms with E-state index in [9.17, 15) is 0 Å². The van der Waals surface area contributed by atoms with E-state index >= 15 is 0 Å². The smallest absolute Gasteiger partial charge is 0.222 e. The molecule has 124 valence electrons. The van der Waals surface area contributed by atoms with E-state index in [1.165, 1.54) is 0 Å². The predicted molar refractivity (Wildman–Crippen MR) is 98.8 cm³/mol. The monoisotopic (exact) mass is 351 g/mol. The number of aromatic nitrogens is 5. The molecule has 0 bridgehead atoms. The lowest BCUT2D eigenvalue weighted by Gasteiger charge is -2.10. The number of aryl methyl sites for hydroxylation is 1. The van der Waals surface area contributed by atoms with Crippen LogP contribution >= 0.6 is 11.6 Å². The number of nitrogen functional groups attached to an aromatic ring is 1. The van der Waals surface area contributed by atoms with Crippen LogP contribution in [0.5, 0.6) is 0 Å². The first-order valence-electron chi connectivity index (χ1n) is 7.57. The molecular formula is C17H14ClN7. The van der Waals surface area contributed by atoms with E-state index in [1.54, 1.807) is 0 Å². The van der Waals surface area contributed by atoms with Gasteiger partial charge in [0.25, 0.3) is 0 Å². The van der Waals surface area contributed by atoms with Crippen LogP contribution in [0.25, 0.3) is 22.3 Å². The van der Waals surface area contributed by atoms with Crippen molar-refractivity contribution in [1.82, 2.24) is 25.4 Å². The van der Waals surface area contributed by atoms with Crippen molar-refractivity contribution in [2.24, 2.45) is 0 Å². The molecular weight excluding hydrogens is 338 g/mol. The molecule has 0 atom stereocenters. The van der Waals surface area contributed by atoms with Crippen LogP contribution in [-0.2, 0) is 0 Å². The van der Waals surface area contributed by atoms with Gasteiger partial charge in [-0.05, 0) is 42.8 Å². The second-order valence-corrected chi connectivity index (χ2v) is 6.06. The van der Waals surface area contributed by atoms with Crippen LogP contribution in [0.15, 0.2) is 42.5 Å². The third-order valence-corrected chi connectivity index (χ3v) is 4.05. The van der Waals surface area contributed by atoms with Crippen LogP contribution in [-0.4, -0.2) is 25.4 Å². The second kappa shape index (κ2) is 6.03. The lowest BCUT2D eigenvalue weighted by atomic mass is 10.1. The van der Waals surface area contributed by atoms with E-state index < -0.39 is 0 Å². The van der Waals surface area contributed by atoms with Crippen molar-refractivity contribution in [3.8, 4) is 11.3 Å². The molecule has 0 spiro atoms. The predicted octanol–water partition coefficient (Wildman–Crippen LogP) is 3.70. The molecule has 7 nitrogen and oxygen atoms in total. The maximum absolute atomic E-state index is 6.11. The number of aromatic amines is 1. The van der Waals surface area contributed by atoms with Crippen molar-refractivity contribution in [2.75, 3.05) is 11.1 Å². The zero-order valence-corrected chi connectivity index (χ0v) is 14.0. The van der Waals surface area contributed by atoms with E-state index in [4.69, 9.17) is 17.3 Å². The number of benzene rings is 2. The Morgan fingerprint density at radius 1 is 1.08 bits per heavy atom. The summed E-state index contributed by atoms with van der Waals surface area (Å²) in [6.45, 7) is 2.00. The molecule has 0 unspecified atom stereocenters. The fraction of sp³-hybridized carbons (Fsp3) is 0.0588. The molecule has 0 aliphatic heterocycles. The maximum Gasteiger partial charge on any atom is 0.222 e. The molecule has 2 aromatic heterocycles. The van der Waals surface area contributed by atoms with Crippen molar-refractivity contribution < 1.29 is 0 Å². The van der Waals surface area contributed by atoms with Crippen LogP contribution in [0.2, 0.25) is 5.02 Å². The molecule has 2 heterocycles. The first-order chi connectivity index (χ1) is 12.1. The Morgan fingerprint density at radius 2 is 1.96 bits per heavy atom. The highest BCUT2D eigenvalue weighted by atomic mass is 35.5. The number of hydrogen-bond acceptors (Lipinski definition) is 6. The molecule has 2 aromatic carbocycles. The molecule has 4 aromatic rings. The Morgan fingerprint density at radius 3 is 2.84 bits per heavy atom. The number of H-pyrrole nitrogens is 1. The second-order valence-electron chi connectivity index (χ2n) is 5.62. The van der Waals surface area contributed by atoms with Crippen molar-refractivity contribution in [1.29, 1.82) is 0 Å². The van der Waals surface area contributed by atoms with Crippen LogP contribution in [0.4, 0.5) is 17.5 Å². The van der Waals surface area contributed by atoms with E-state index in [0.717, 1.165) is 27.8 Å². The lowest BCUT2D eigenvalue weighted by molar-refractivity contribution is 0.959. The minimum Gasteiger partial charge on any atom is -0.368 e. The Balaban J connectivity index is 1.73. The zero-order chi connectivity index (χ0) is 17.4. The van der Waals surface area contributed by atoms with Gasteiger partial charge in [-0.1, -0.05) is 22.9 Å². The van der Waals surface area contributed by atoms with Crippen LogP contribution < -0.4 is 11.1 Å². The van der Waals surface area contributed by atoms with Crippen molar-refractivity contribution in [2.45, 2.75) is 6.92 Å². The van der Waals surface area contributed by atoms with E-state index in [0.29, 0.717) is 16.5 Å². The van der Waals surface area contributed by atoms with Crippen LogP contribution in [0, 0.1) is 6.92 Å². The summed E-state index contributed by atoms with van der Waals surface area (Å²) in [5.41, 5.74) is 11.0. The average molecular weight is 352 g/mol. The van der Waals surface area contributed by atoms with Gasteiger partial charge >= 0.3 is 0 Å². The first kappa shape index (κ1) is 15.3. The minimum atomic E-state index is 0.182. The van der Waals surface area contributed by atoms with Gasteiger partial charge < -0.3 is 11.1 Å². The van der Waals surface area contributed by atoms with Crippen LogP contribution in [0.1, 0.15) is 5.56 Å². The molecule has 0 aliphatic rings. The lowest BCUT2D eigenvalue weighted by Crippen LogP contribution is -2.02. The molecule has 0 saturated heterocycles. The third kappa shape index (κ3) is 3.09. The molecule has 0 fully saturated rings. The molecule has 4 rings (SSSR count). The van der Waals surface area contributed by atoms with Gasteiger partial charge in [-0.3, -0.25) is 5.10 Å². The molecule has 0 aliphatic carbocycles. The molecule has 8 heteroatoms. The highest BCUT2D eigenvalue weighted by Gasteiger charge is 2.09. The summed E-state index contributed by atoms with van der Waals surface area (Å²) in [5.74, 6) is 0.770. The number of nitrogens with two attached hydrogens (primary N) is 1. The van der Waals surface area contributed by atoms with Gasteiger partial charge in [0.05, 0.1) is 11.2 Å². The van der Waals surface area contributed by atoms with Crippen molar-refractivity contribution in [3.05, 3.63) is 53.1 Å². The van der Waals surface area contributed by atoms with Gasteiger partial charge in [-0.25, -0.2) is 4.98 Å². The normalized spacial score (nSPS) is 11.0. The summed E-state index contributed by atoms with van der Waals surface area (Å²) in [6.07, 6.45) is 0. The molecule has 0 radical (unpaired) electrons. The summed E-state index contributed by atoms with van der Waals surface area (Å²) in [5, 5.41) is 14.5. The van der Waals surface area contributed by atoms with Gasteiger partial charge in [0.2, 0.25) is 5.95 Å². The van der Waals surface area contributed by atoms with Crippen molar-refractivity contribution >= 4 is 40.1 Å². The van der Waals surface area contributed by atoms with E-state index in [-0.39, 0.29) is 5.95 Å². The summed E-state index contributed by atoms with van der Waals surface area (Å²) in [4.78, 5) is 8.58. The van der Waals surface area contributed by atoms with E-state index in [2.05, 4.69) is 30.7 Å². The summed E-state index contributed by atoms with van der Waals surface area (Å²) in [7, 11) is 0. The minimum absolute atomic E-state index is 0.182. The Hall–Kier alpha value is -3.19. The van der Waals surface area contributed by atoms with Gasteiger partial charge in [-0.15, -0.1) is 5.10 Å². The van der Waals surface area contributed by atoms with Gasteiger partial charge in [-0.2, -0.15) is 4.98 Å². The number of rotatable bonds is 3. The standard InChI is InChI=1S/C17H14ClN7/c1-9-2-3-10(18)6-12(9)14-8-16(22-17(19)21-14)20-11-4-5-13-15(7-11)24-25-23-13/h2-8H,1H3,(H,23,24,25)(H3,19,20,21,22). The van der Waals surface area contributed by atoms with Crippen LogP contribution in [0.3, 0.4) is 0 Å². The summed E-state index contributed by atoms with van der Waals surface area (Å²) >= 11 is 6.11. The molecule has 0 amide bonds. The fourth-order valence-corrected chi connectivity index (χ4v) is 2.78. The number of nitrogens with zero attached hydrogens (tertiary/aromatic N) is 4. The quantitative estimate of drug-likeness (QED) is 0.519. The highest BCUT2D eigenvalue weighted by molar-refractivity contribution is 6.30. The highest BCUT2D eigenvalue weighted by Crippen LogP contribution is 2.28. The average Bonchev–Trinajstić information content (AvgIpc) is 3.04. The van der Waals surface area contributed by atoms with Gasteiger partial charge in [0.15, 0.2) is 0 Å². The molecule has 0 saturated carbocycles. The largest absolute Gasteiger partial charge is 0.368 e.